The lowest BCUT2D eigenvalue weighted by atomic mass is 9.94. The lowest BCUT2D eigenvalue weighted by Gasteiger charge is -2.16. The van der Waals surface area contributed by atoms with Gasteiger partial charge in [0.05, 0.1) is 16.7 Å². The summed E-state index contributed by atoms with van der Waals surface area (Å²) < 4.78 is 0. The van der Waals surface area contributed by atoms with Gasteiger partial charge in [0.1, 0.15) is 5.82 Å². The van der Waals surface area contributed by atoms with Crippen LogP contribution in [0, 0.1) is 0 Å². The molecule has 0 unspecified atom stereocenters. The van der Waals surface area contributed by atoms with Crippen molar-refractivity contribution < 1.29 is 9.90 Å². The minimum Gasteiger partial charge on any atom is -0.478 e. The van der Waals surface area contributed by atoms with Crippen LogP contribution >= 0.6 is 0 Å². The molecule has 0 aliphatic heterocycles. The molecule has 2 fully saturated rings. The zero-order valence-electron chi connectivity index (χ0n) is 11.6. The fourth-order valence-corrected chi connectivity index (χ4v) is 2.98. The fourth-order valence-electron chi connectivity index (χ4n) is 2.98. The number of aromatic nitrogens is 2. The number of carbonyl (C=O) groups is 1. The Labute approximate surface area is 122 Å². The van der Waals surface area contributed by atoms with E-state index in [1.807, 2.05) is 18.2 Å². The molecule has 0 amide bonds. The number of aromatic carboxylic acids is 1. The fraction of sp³-hybridized carbons (Fsp3) is 0.353. The number of rotatable bonds is 4. The lowest BCUT2D eigenvalue weighted by molar-refractivity contribution is 0.0694. The standard InChI is InChI=1S/C17H16N2O2/c20-15(21)13-10-18-16(19-14(13)11-6-7-11)17(8-9-17)12-4-2-1-3-5-12/h1-5,10-11H,6-9H2,(H,20,21). The van der Waals surface area contributed by atoms with E-state index in [4.69, 9.17) is 0 Å². The van der Waals surface area contributed by atoms with E-state index >= 15 is 0 Å². The summed E-state index contributed by atoms with van der Waals surface area (Å²) in [5.74, 6) is 0.179. The Kier molecular flexibility index (Phi) is 2.61. The minimum absolute atomic E-state index is 0.0953. The van der Waals surface area contributed by atoms with E-state index in [9.17, 15) is 9.90 Å². The molecule has 4 heteroatoms. The molecular formula is C17H16N2O2. The van der Waals surface area contributed by atoms with Gasteiger partial charge in [0, 0.05) is 12.1 Å². The van der Waals surface area contributed by atoms with E-state index in [-0.39, 0.29) is 11.0 Å². The summed E-state index contributed by atoms with van der Waals surface area (Å²) in [5, 5.41) is 9.29. The van der Waals surface area contributed by atoms with Crippen LogP contribution in [0.2, 0.25) is 0 Å². The van der Waals surface area contributed by atoms with Crippen molar-refractivity contribution in [2.45, 2.75) is 37.0 Å². The van der Waals surface area contributed by atoms with Crippen LogP contribution in [0.5, 0.6) is 0 Å². The average Bonchev–Trinajstić information content (AvgIpc) is 3.41. The van der Waals surface area contributed by atoms with E-state index in [1.165, 1.54) is 11.8 Å². The second-order valence-corrected chi connectivity index (χ2v) is 6.02. The molecule has 1 N–H and O–H groups in total. The average molecular weight is 280 g/mol. The number of hydrogen-bond donors (Lipinski definition) is 1. The molecule has 0 bridgehead atoms. The Bertz CT molecular complexity index is 704. The summed E-state index contributed by atoms with van der Waals surface area (Å²) in [6.45, 7) is 0. The molecule has 2 aliphatic carbocycles. The van der Waals surface area contributed by atoms with Crippen LogP contribution in [0.15, 0.2) is 36.5 Å². The van der Waals surface area contributed by atoms with Crippen molar-refractivity contribution in [3.63, 3.8) is 0 Å². The van der Waals surface area contributed by atoms with Crippen LogP contribution in [-0.2, 0) is 5.41 Å². The third-order valence-electron chi connectivity index (χ3n) is 4.52. The van der Waals surface area contributed by atoms with Crippen molar-refractivity contribution in [3.8, 4) is 0 Å². The van der Waals surface area contributed by atoms with E-state index in [1.54, 1.807) is 0 Å². The van der Waals surface area contributed by atoms with Crippen molar-refractivity contribution >= 4 is 5.97 Å². The molecule has 2 aliphatic rings. The predicted octanol–water partition coefficient (Wildman–Crippen LogP) is 3.13. The van der Waals surface area contributed by atoms with E-state index in [0.717, 1.165) is 37.2 Å². The first-order valence-corrected chi connectivity index (χ1v) is 7.37. The Balaban J connectivity index is 1.79. The SMILES string of the molecule is O=C(O)c1cnc(C2(c3ccccc3)CC2)nc1C1CC1. The molecule has 1 aromatic carbocycles. The van der Waals surface area contributed by atoms with E-state index in [2.05, 4.69) is 22.1 Å². The molecule has 2 saturated carbocycles. The predicted molar refractivity (Wildman–Crippen MR) is 77.4 cm³/mol. The summed E-state index contributed by atoms with van der Waals surface area (Å²) in [4.78, 5) is 20.4. The van der Waals surface area contributed by atoms with Gasteiger partial charge in [0.2, 0.25) is 0 Å². The summed E-state index contributed by atoms with van der Waals surface area (Å²) in [6, 6.07) is 10.3. The quantitative estimate of drug-likeness (QED) is 0.934. The molecule has 4 nitrogen and oxygen atoms in total. The summed E-state index contributed by atoms with van der Waals surface area (Å²) in [7, 11) is 0. The molecule has 0 radical (unpaired) electrons. The van der Waals surface area contributed by atoms with Gasteiger partial charge in [-0.3, -0.25) is 0 Å². The largest absolute Gasteiger partial charge is 0.478 e. The van der Waals surface area contributed by atoms with Crippen LogP contribution in [0.1, 0.15) is 59.0 Å². The summed E-state index contributed by atoms with van der Waals surface area (Å²) in [5.41, 5.74) is 2.14. The van der Waals surface area contributed by atoms with Gasteiger partial charge in [-0.1, -0.05) is 30.3 Å². The molecule has 21 heavy (non-hydrogen) atoms. The smallest absolute Gasteiger partial charge is 0.339 e. The van der Waals surface area contributed by atoms with Gasteiger partial charge in [-0.15, -0.1) is 0 Å². The number of hydrogen-bond acceptors (Lipinski definition) is 3. The molecule has 0 atom stereocenters. The van der Waals surface area contributed by atoms with Gasteiger partial charge in [-0.2, -0.15) is 0 Å². The second kappa shape index (κ2) is 4.38. The van der Waals surface area contributed by atoms with Gasteiger partial charge in [-0.05, 0) is 31.2 Å². The first-order valence-electron chi connectivity index (χ1n) is 7.37. The normalized spacial score (nSPS) is 19.2. The molecule has 2 aromatic rings. The summed E-state index contributed by atoms with van der Waals surface area (Å²) >= 11 is 0. The third-order valence-corrected chi connectivity index (χ3v) is 4.52. The highest BCUT2D eigenvalue weighted by molar-refractivity contribution is 5.88. The Morgan fingerprint density at radius 2 is 1.90 bits per heavy atom. The first-order chi connectivity index (χ1) is 10.2. The molecule has 0 spiro atoms. The van der Waals surface area contributed by atoms with Crippen molar-refractivity contribution in [2.24, 2.45) is 0 Å². The molecule has 1 heterocycles. The molecule has 1 aromatic heterocycles. The molecule has 4 rings (SSSR count). The number of nitrogens with zero attached hydrogens (tertiary/aromatic N) is 2. The van der Waals surface area contributed by atoms with Gasteiger partial charge in [-0.25, -0.2) is 14.8 Å². The maximum Gasteiger partial charge on any atom is 0.339 e. The summed E-state index contributed by atoms with van der Waals surface area (Å²) in [6.07, 6.45) is 5.65. The minimum atomic E-state index is -0.923. The van der Waals surface area contributed by atoms with E-state index in [0.29, 0.717) is 5.92 Å². The maximum absolute atomic E-state index is 11.3. The van der Waals surface area contributed by atoms with Gasteiger partial charge in [0.15, 0.2) is 0 Å². The van der Waals surface area contributed by atoms with Gasteiger partial charge >= 0.3 is 5.97 Å². The third kappa shape index (κ3) is 2.02. The van der Waals surface area contributed by atoms with E-state index < -0.39 is 5.97 Å². The number of carboxylic acid groups (broad SMARTS) is 1. The van der Waals surface area contributed by atoms with Crippen LogP contribution in [-0.4, -0.2) is 21.0 Å². The second-order valence-electron chi connectivity index (χ2n) is 6.02. The zero-order valence-corrected chi connectivity index (χ0v) is 11.6. The first kappa shape index (κ1) is 12.5. The van der Waals surface area contributed by atoms with Crippen LogP contribution in [0.25, 0.3) is 0 Å². The molecule has 106 valence electrons. The molecular weight excluding hydrogens is 264 g/mol. The number of benzene rings is 1. The van der Waals surface area contributed by atoms with Crippen LogP contribution in [0.3, 0.4) is 0 Å². The van der Waals surface area contributed by atoms with Gasteiger partial charge < -0.3 is 5.11 Å². The number of carboxylic acids is 1. The van der Waals surface area contributed by atoms with Crippen molar-refractivity contribution in [1.82, 2.24) is 9.97 Å². The Morgan fingerprint density at radius 1 is 1.19 bits per heavy atom. The Hall–Kier alpha value is -2.23. The van der Waals surface area contributed by atoms with Crippen LogP contribution < -0.4 is 0 Å². The van der Waals surface area contributed by atoms with Crippen molar-refractivity contribution in [2.75, 3.05) is 0 Å². The van der Waals surface area contributed by atoms with Gasteiger partial charge in [0.25, 0.3) is 0 Å². The Morgan fingerprint density at radius 3 is 2.48 bits per heavy atom. The topological polar surface area (TPSA) is 63.1 Å². The highest BCUT2D eigenvalue weighted by Crippen LogP contribution is 2.52. The lowest BCUT2D eigenvalue weighted by Crippen LogP contribution is -2.16. The maximum atomic E-state index is 11.3. The van der Waals surface area contributed by atoms with Crippen molar-refractivity contribution in [1.29, 1.82) is 0 Å². The van der Waals surface area contributed by atoms with Crippen LogP contribution in [0.4, 0.5) is 0 Å². The van der Waals surface area contributed by atoms with Crippen molar-refractivity contribution in [3.05, 3.63) is 59.2 Å². The highest BCUT2D eigenvalue weighted by atomic mass is 16.4. The monoisotopic (exact) mass is 280 g/mol. The highest BCUT2D eigenvalue weighted by Gasteiger charge is 2.49. The molecule has 0 saturated heterocycles. The zero-order chi connectivity index (χ0) is 14.4.